The van der Waals surface area contributed by atoms with Crippen LogP contribution in [0.3, 0.4) is 0 Å². The van der Waals surface area contributed by atoms with E-state index in [9.17, 15) is 9.36 Å². The predicted octanol–water partition coefficient (Wildman–Crippen LogP) is 12.3. The molecule has 1 heterocycles. The van der Waals surface area contributed by atoms with Crippen molar-refractivity contribution >= 4 is 19.6 Å². The van der Waals surface area contributed by atoms with E-state index in [1.165, 1.54) is 96.3 Å². The smallest absolute Gasteiger partial charge is 0.429 e. The van der Waals surface area contributed by atoms with Gasteiger partial charge in [0.1, 0.15) is 18.2 Å². The molecule has 1 aliphatic rings. The van der Waals surface area contributed by atoms with Gasteiger partial charge in [-0.25, -0.2) is 0 Å². The number of nitrogens with one attached hydrogen (secondary N) is 2. The number of carbonyl (C=O) groups is 1. The van der Waals surface area contributed by atoms with Crippen LogP contribution in [0.2, 0.25) is 0 Å². The maximum atomic E-state index is 13.6. The number of hydrogen-bond acceptors (Lipinski definition) is 9. The largest absolute Gasteiger partial charge is 0.450 e. The molecule has 57 heavy (non-hydrogen) atoms. The molecule has 1 aliphatic heterocycles. The second-order valence-corrected chi connectivity index (χ2v) is 17.2. The molecule has 1 fully saturated rings. The molecule has 0 aromatic rings. The molecule has 1 amide bonds. The molecule has 11 heteroatoms. The van der Waals surface area contributed by atoms with Crippen molar-refractivity contribution in [2.45, 2.75) is 213 Å². The van der Waals surface area contributed by atoms with Crippen LogP contribution in [-0.4, -0.2) is 74.6 Å². The molecule has 0 spiro atoms. The summed E-state index contributed by atoms with van der Waals surface area (Å²) in [5.41, 5.74) is 0. The zero-order valence-corrected chi connectivity index (χ0v) is 37.8. The van der Waals surface area contributed by atoms with Gasteiger partial charge in [0.15, 0.2) is 5.90 Å². The van der Waals surface area contributed by atoms with Gasteiger partial charge in [0, 0.05) is 20.0 Å². The van der Waals surface area contributed by atoms with Crippen LogP contribution >= 0.6 is 7.80 Å². The van der Waals surface area contributed by atoms with Gasteiger partial charge in [0.05, 0.1) is 19.3 Å². The van der Waals surface area contributed by atoms with Crippen LogP contribution in [-0.2, 0) is 37.8 Å². The number of carbonyl (C=O) groups excluding carboxylic acids is 1. The molecular weight excluding hydrogens is 739 g/mol. The summed E-state index contributed by atoms with van der Waals surface area (Å²) in [4.78, 5) is 13.6. The zero-order valence-electron chi connectivity index (χ0n) is 36.9. The van der Waals surface area contributed by atoms with Crippen LogP contribution in [0.25, 0.3) is 0 Å². The van der Waals surface area contributed by atoms with E-state index in [1.807, 2.05) is 6.92 Å². The van der Waals surface area contributed by atoms with E-state index >= 15 is 0 Å². The van der Waals surface area contributed by atoms with Gasteiger partial charge in [-0.1, -0.05) is 146 Å². The molecule has 0 bridgehead atoms. The lowest BCUT2D eigenvalue weighted by molar-refractivity contribution is -0.280. The average molecular weight is 824 g/mol. The Bertz CT molecular complexity index is 1090. The van der Waals surface area contributed by atoms with Crippen molar-refractivity contribution in [1.82, 2.24) is 5.32 Å². The predicted molar refractivity (Wildman–Crippen MR) is 235 cm³/mol. The van der Waals surface area contributed by atoms with E-state index in [0.29, 0.717) is 25.4 Å². The Morgan fingerprint density at radius 2 is 1.42 bits per heavy atom. The second-order valence-electron chi connectivity index (χ2n) is 15.7. The van der Waals surface area contributed by atoms with Gasteiger partial charge in [0.2, 0.25) is 12.2 Å². The number of hydrogen-bond donors (Lipinski definition) is 2. The van der Waals surface area contributed by atoms with Gasteiger partial charge < -0.3 is 33.7 Å². The quantitative estimate of drug-likeness (QED) is 0.0157. The SMILES string of the molecule is C=CCOC[P+](=O)C(OCC=C)O[C@H]1[C@H](OCC[C@H](C)CCCCCCC)[C@@H](NC(=O)CCCCCCCCC/C=C\CCCCCC)C(OC(C)=N)O[C@@H]1CC. The van der Waals surface area contributed by atoms with Crippen molar-refractivity contribution in [3.05, 3.63) is 37.5 Å². The Hall–Kier alpha value is -1.94. The fourth-order valence-electron chi connectivity index (χ4n) is 7.05. The van der Waals surface area contributed by atoms with E-state index in [1.54, 1.807) is 19.1 Å². The molecule has 10 nitrogen and oxygen atoms in total. The molecule has 3 unspecified atom stereocenters. The summed E-state index contributed by atoms with van der Waals surface area (Å²) in [5.74, 6) is 0.295. The number of ether oxygens (including phenoxy) is 6. The van der Waals surface area contributed by atoms with Crippen LogP contribution in [0.5, 0.6) is 0 Å². The number of allylic oxidation sites excluding steroid dienone is 2. The standard InChI is InChI=1S/C46H83N2O8P/c1-8-13-15-17-18-19-20-21-22-23-24-25-26-28-30-32-41(49)48-42-44(52-36-33-38(6)31-29-27-16-14-9-2)43(40(12-5)55-45(42)54-39(7)47)56-46(53-35-11-4)57(50)37-51-34-10-3/h10-11,19-20,38,40,42-47H,3-4,8-9,12-18,21-37H2,1-2,5-7H3/p+1/b20-19-,47-39?/t38-,40-,42-,43-,44-,45?,46?/m1/s1. The van der Waals surface area contributed by atoms with Crippen LogP contribution < -0.4 is 5.32 Å². The topological polar surface area (TPSA) is 125 Å². The highest BCUT2D eigenvalue weighted by atomic mass is 31.1. The third-order valence-electron chi connectivity index (χ3n) is 10.4. The van der Waals surface area contributed by atoms with Gasteiger partial charge >= 0.3 is 13.8 Å². The normalized spacial score (nSPS) is 20.9. The lowest BCUT2D eigenvalue weighted by Gasteiger charge is -2.46. The third kappa shape index (κ3) is 26.0. The molecule has 0 aromatic carbocycles. The number of unbranched alkanes of at least 4 members (excludes halogenated alkanes) is 15. The van der Waals surface area contributed by atoms with Crippen LogP contribution in [0.4, 0.5) is 0 Å². The molecule has 0 saturated carbocycles. The summed E-state index contributed by atoms with van der Waals surface area (Å²) in [6, 6.07) is -1.91. The van der Waals surface area contributed by atoms with Gasteiger partial charge in [-0.15, -0.1) is 13.2 Å². The first kappa shape index (κ1) is 53.1. The molecule has 0 aliphatic carbocycles. The van der Waals surface area contributed by atoms with Crippen LogP contribution in [0.1, 0.15) is 176 Å². The highest BCUT2D eigenvalue weighted by Crippen LogP contribution is 2.36. The van der Waals surface area contributed by atoms with E-state index < -0.39 is 44.5 Å². The maximum absolute atomic E-state index is 13.6. The van der Waals surface area contributed by atoms with E-state index in [-0.39, 0.29) is 31.4 Å². The Kier molecular flexibility index (Phi) is 33.5. The first-order chi connectivity index (χ1) is 27.7. The Balaban J connectivity index is 2.99. The molecule has 1 rings (SSSR count). The number of amides is 1. The lowest BCUT2D eigenvalue weighted by Crippen LogP contribution is -2.66. The highest BCUT2D eigenvalue weighted by Gasteiger charge is 2.51. The van der Waals surface area contributed by atoms with Gasteiger partial charge in [-0.3, -0.25) is 10.2 Å². The monoisotopic (exact) mass is 824 g/mol. The van der Waals surface area contributed by atoms with Crippen LogP contribution in [0.15, 0.2) is 37.5 Å². The minimum Gasteiger partial charge on any atom is -0.450 e. The summed E-state index contributed by atoms with van der Waals surface area (Å²) < 4.78 is 50.4. The van der Waals surface area contributed by atoms with Crippen molar-refractivity contribution < 1.29 is 37.8 Å². The van der Waals surface area contributed by atoms with Crippen LogP contribution in [0, 0.1) is 11.3 Å². The third-order valence-corrected chi connectivity index (χ3v) is 11.6. The van der Waals surface area contributed by atoms with Gasteiger partial charge in [-0.2, -0.15) is 0 Å². The fraction of sp³-hybridized carbons (Fsp3) is 0.826. The van der Waals surface area contributed by atoms with Gasteiger partial charge in [0.25, 0.3) is 6.35 Å². The summed E-state index contributed by atoms with van der Waals surface area (Å²) >= 11 is 0. The minimum atomic E-state index is -2.13. The maximum Gasteiger partial charge on any atom is 0.429 e. The molecule has 0 aromatic heterocycles. The molecule has 1 saturated heterocycles. The molecule has 330 valence electrons. The van der Waals surface area contributed by atoms with Crippen molar-refractivity contribution in [1.29, 1.82) is 5.41 Å². The summed E-state index contributed by atoms with van der Waals surface area (Å²) in [7, 11) is -2.13. The zero-order chi connectivity index (χ0) is 41.9. The van der Waals surface area contributed by atoms with E-state index in [2.05, 4.69) is 51.4 Å². The van der Waals surface area contributed by atoms with Crippen molar-refractivity contribution in [2.75, 3.05) is 26.2 Å². The lowest BCUT2D eigenvalue weighted by atomic mass is 9.94. The summed E-state index contributed by atoms with van der Waals surface area (Å²) in [6.45, 7) is 18.5. The highest BCUT2D eigenvalue weighted by molar-refractivity contribution is 7.44. The Morgan fingerprint density at radius 3 is 2.04 bits per heavy atom. The fourth-order valence-corrected chi connectivity index (χ4v) is 7.98. The summed E-state index contributed by atoms with van der Waals surface area (Å²) in [5, 5.41) is 11.3. The Labute approximate surface area is 349 Å². The van der Waals surface area contributed by atoms with Crippen molar-refractivity contribution in [3.8, 4) is 0 Å². The molecule has 2 N–H and O–H groups in total. The minimum absolute atomic E-state index is 0.0306. The molecule has 0 radical (unpaired) electrons. The van der Waals surface area contributed by atoms with E-state index in [4.69, 9.17) is 33.8 Å². The number of rotatable bonds is 38. The van der Waals surface area contributed by atoms with Crippen molar-refractivity contribution in [2.24, 2.45) is 5.92 Å². The first-order valence-corrected chi connectivity index (χ1v) is 24.2. The van der Waals surface area contributed by atoms with Gasteiger partial charge in [-0.05, 0) is 50.9 Å². The van der Waals surface area contributed by atoms with E-state index in [0.717, 1.165) is 32.1 Å². The average Bonchev–Trinajstić information content (AvgIpc) is 3.19. The molecule has 8 atom stereocenters. The summed E-state index contributed by atoms with van der Waals surface area (Å²) in [6.07, 6.45) is 29.2. The second kappa shape index (κ2) is 36.0. The van der Waals surface area contributed by atoms with Crippen molar-refractivity contribution in [3.63, 3.8) is 0 Å². The Morgan fingerprint density at radius 1 is 0.825 bits per heavy atom. The first-order valence-electron chi connectivity index (χ1n) is 22.7. The molecular formula is C46H84N2O8P+.